The van der Waals surface area contributed by atoms with Crippen molar-refractivity contribution in [2.24, 2.45) is 5.92 Å². The Morgan fingerprint density at radius 3 is 2.42 bits per heavy atom. The van der Waals surface area contributed by atoms with E-state index in [1.807, 2.05) is 0 Å². The Labute approximate surface area is 109 Å². The van der Waals surface area contributed by atoms with Crippen molar-refractivity contribution in [3.05, 3.63) is 35.4 Å². The Bertz CT molecular complexity index is 446. The number of amides is 1. The molecule has 0 saturated carbocycles. The number of aliphatic hydroxyl groups excluding tert-OH is 1. The van der Waals surface area contributed by atoms with Crippen LogP contribution in [0.15, 0.2) is 24.3 Å². The molecule has 0 fully saturated rings. The monoisotopic (exact) mass is 275 g/mol. The second-order valence-electron chi connectivity index (χ2n) is 4.47. The maximum Gasteiger partial charge on any atom is 0.417 e. The summed E-state index contributed by atoms with van der Waals surface area (Å²) in [5, 5.41) is 11.4. The van der Waals surface area contributed by atoms with E-state index in [2.05, 4.69) is 5.32 Å². The number of nitrogens with one attached hydrogen (secondary N) is 1. The van der Waals surface area contributed by atoms with Crippen LogP contribution in [0.1, 0.15) is 29.8 Å². The Morgan fingerprint density at radius 2 is 1.89 bits per heavy atom. The van der Waals surface area contributed by atoms with E-state index in [4.69, 9.17) is 5.11 Å². The Balaban J connectivity index is 2.95. The predicted molar refractivity (Wildman–Crippen MR) is 64.6 cm³/mol. The van der Waals surface area contributed by atoms with E-state index in [0.717, 1.165) is 12.1 Å². The maximum absolute atomic E-state index is 12.8. The van der Waals surface area contributed by atoms with Gasteiger partial charge >= 0.3 is 6.18 Å². The molecule has 0 saturated heterocycles. The number of rotatable bonds is 4. The normalized spacial score (nSPS) is 14.8. The van der Waals surface area contributed by atoms with Crippen molar-refractivity contribution in [1.29, 1.82) is 0 Å². The highest BCUT2D eigenvalue weighted by Gasteiger charge is 2.35. The van der Waals surface area contributed by atoms with Gasteiger partial charge in [0.25, 0.3) is 5.91 Å². The van der Waals surface area contributed by atoms with Gasteiger partial charge in [0.1, 0.15) is 0 Å². The fourth-order valence-electron chi connectivity index (χ4n) is 1.51. The van der Waals surface area contributed by atoms with E-state index in [9.17, 15) is 18.0 Å². The van der Waals surface area contributed by atoms with Crippen LogP contribution < -0.4 is 5.32 Å². The summed E-state index contributed by atoms with van der Waals surface area (Å²) < 4.78 is 38.3. The average molecular weight is 275 g/mol. The number of hydrogen-bond acceptors (Lipinski definition) is 2. The van der Waals surface area contributed by atoms with E-state index in [0.29, 0.717) is 0 Å². The van der Waals surface area contributed by atoms with Gasteiger partial charge in [-0.2, -0.15) is 13.2 Å². The fourth-order valence-corrected chi connectivity index (χ4v) is 1.51. The molecular formula is C13H16F3NO2. The average Bonchev–Trinajstić information content (AvgIpc) is 2.36. The first-order chi connectivity index (χ1) is 8.77. The topological polar surface area (TPSA) is 49.3 Å². The van der Waals surface area contributed by atoms with Gasteiger partial charge in [0.15, 0.2) is 0 Å². The predicted octanol–water partition coefficient (Wildman–Crippen LogP) is 2.45. The number of hydrogen-bond donors (Lipinski definition) is 2. The molecule has 1 rings (SSSR count). The van der Waals surface area contributed by atoms with E-state index < -0.39 is 29.3 Å². The quantitative estimate of drug-likeness (QED) is 0.886. The molecule has 1 aromatic rings. The number of halogens is 3. The summed E-state index contributed by atoms with van der Waals surface area (Å²) in [6.07, 6.45) is -4.57. The van der Waals surface area contributed by atoms with E-state index in [1.165, 1.54) is 12.1 Å². The SMILES string of the molecule is CC(CO)C(C)NC(=O)c1ccccc1C(F)(F)F. The van der Waals surface area contributed by atoms with Crippen molar-refractivity contribution in [3.63, 3.8) is 0 Å². The van der Waals surface area contributed by atoms with E-state index in [-0.39, 0.29) is 12.5 Å². The number of carbonyl (C=O) groups is 1. The lowest BCUT2D eigenvalue weighted by Crippen LogP contribution is -2.39. The standard InChI is InChI=1S/C13H16F3NO2/c1-8(7-18)9(2)17-12(19)10-5-3-4-6-11(10)13(14,15)16/h3-6,8-9,18H,7H2,1-2H3,(H,17,19). The summed E-state index contributed by atoms with van der Waals surface area (Å²) in [6.45, 7) is 3.18. The van der Waals surface area contributed by atoms with E-state index in [1.54, 1.807) is 13.8 Å². The van der Waals surface area contributed by atoms with Crippen molar-refractivity contribution < 1.29 is 23.1 Å². The van der Waals surface area contributed by atoms with Gasteiger partial charge < -0.3 is 10.4 Å². The molecule has 0 aromatic heterocycles. The Morgan fingerprint density at radius 1 is 1.32 bits per heavy atom. The third-order valence-corrected chi connectivity index (χ3v) is 2.98. The summed E-state index contributed by atoms with van der Waals surface area (Å²) in [7, 11) is 0. The minimum Gasteiger partial charge on any atom is -0.396 e. The fraction of sp³-hybridized carbons (Fsp3) is 0.462. The first-order valence-electron chi connectivity index (χ1n) is 5.85. The first-order valence-corrected chi connectivity index (χ1v) is 5.85. The van der Waals surface area contributed by atoms with Crippen LogP contribution in [0.2, 0.25) is 0 Å². The first kappa shape index (κ1) is 15.5. The molecule has 0 aliphatic heterocycles. The summed E-state index contributed by atoms with van der Waals surface area (Å²) in [5.74, 6) is -1.03. The number of aliphatic hydroxyl groups is 1. The van der Waals surface area contributed by atoms with Crippen LogP contribution in [0, 0.1) is 5.92 Å². The number of benzene rings is 1. The zero-order chi connectivity index (χ0) is 14.6. The molecular weight excluding hydrogens is 259 g/mol. The van der Waals surface area contributed by atoms with Gasteiger partial charge in [-0.3, -0.25) is 4.79 Å². The van der Waals surface area contributed by atoms with Gasteiger partial charge in [0.05, 0.1) is 11.1 Å². The molecule has 0 aliphatic carbocycles. The van der Waals surface area contributed by atoms with Crippen LogP contribution in [-0.4, -0.2) is 23.7 Å². The highest BCUT2D eigenvalue weighted by molar-refractivity contribution is 5.96. The summed E-state index contributed by atoms with van der Waals surface area (Å²) in [5.41, 5.74) is -1.37. The smallest absolute Gasteiger partial charge is 0.396 e. The minimum atomic E-state index is -4.57. The molecule has 2 N–H and O–H groups in total. The molecule has 0 spiro atoms. The van der Waals surface area contributed by atoms with Gasteiger partial charge in [-0.15, -0.1) is 0 Å². The molecule has 6 heteroatoms. The Kier molecular flexibility index (Phi) is 4.94. The molecule has 2 atom stereocenters. The van der Waals surface area contributed by atoms with Crippen molar-refractivity contribution in [3.8, 4) is 0 Å². The third-order valence-electron chi connectivity index (χ3n) is 2.98. The summed E-state index contributed by atoms with van der Waals surface area (Å²) >= 11 is 0. The number of carbonyl (C=O) groups excluding carboxylic acids is 1. The van der Waals surface area contributed by atoms with Crippen molar-refractivity contribution in [1.82, 2.24) is 5.32 Å². The summed E-state index contributed by atoms with van der Waals surface area (Å²) in [6, 6.07) is 4.20. The van der Waals surface area contributed by atoms with Gasteiger partial charge in [0, 0.05) is 12.6 Å². The van der Waals surface area contributed by atoms with Crippen LogP contribution in [0.5, 0.6) is 0 Å². The summed E-state index contributed by atoms with van der Waals surface area (Å²) in [4.78, 5) is 11.9. The van der Waals surface area contributed by atoms with Crippen molar-refractivity contribution >= 4 is 5.91 Å². The van der Waals surface area contributed by atoms with Crippen LogP contribution in [0.25, 0.3) is 0 Å². The van der Waals surface area contributed by atoms with Crippen molar-refractivity contribution in [2.75, 3.05) is 6.61 Å². The van der Waals surface area contributed by atoms with Crippen LogP contribution in [-0.2, 0) is 6.18 Å². The van der Waals surface area contributed by atoms with Crippen LogP contribution in [0.3, 0.4) is 0 Å². The maximum atomic E-state index is 12.8. The molecule has 0 bridgehead atoms. The largest absolute Gasteiger partial charge is 0.417 e. The van der Waals surface area contributed by atoms with Gasteiger partial charge in [-0.1, -0.05) is 19.1 Å². The molecule has 2 unspecified atom stereocenters. The van der Waals surface area contributed by atoms with Gasteiger partial charge in [0.2, 0.25) is 0 Å². The molecule has 1 aromatic carbocycles. The van der Waals surface area contributed by atoms with Crippen LogP contribution in [0.4, 0.5) is 13.2 Å². The van der Waals surface area contributed by atoms with E-state index >= 15 is 0 Å². The highest BCUT2D eigenvalue weighted by Crippen LogP contribution is 2.31. The molecule has 3 nitrogen and oxygen atoms in total. The zero-order valence-electron chi connectivity index (χ0n) is 10.7. The van der Waals surface area contributed by atoms with Crippen molar-refractivity contribution in [2.45, 2.75) is 26.1 Å². The molecule has 0 radical (unpaired) electrons. The minimum absolute atomic E-state index is 0.150. The molecule has 19 heavy (non-hydrogen) atoms. The second kappa shape index (κ2) is 6.06. The highest BCUT2D eigenvalue weighted by atomic mass is 19.4. The lowest BCUT2D eigenvalue weighted by Gasteiger charge is -2.20. The Hall–Kier alpha value is -1.56. The van der Waals surface area contributed by atoms with Gasteiger partial charge in [-0.05, 0) is 25.0 Å². The molecule has 0 aliphatic rings. The molecule has 106 valence electrons. The third kappa shape index (κ3) is 3.96. The second-order valence-corrected chi connectivity index (χ2v) is 4.47. The zero-order valence-corrected chi connectivity index (χ0v) is 10.7. The number of alkyl halides is 3. The van der Waals surface area contributed by atoms with Gasteiger partial charge in [-0.25, -0.2) is 0 Å². The molecule has 1 amide bonds. The molecule has 0 heterocycles. The lowest BCUT2D eigenvalue weighted by molar-refractivity contribution is -0.137. The van der Waals surface area contributed by atoms with Crippen LogP contribution >= 0.6 is 0 Å². The lowest BCUT2D eigenvalue weighted by atomic mass is 10.0.